The summed E-state index contributed by atoms with van der Waals surface area (Å²) in [6.07, 6.45) is 1.77. The summed E-state index contributed by atoms with van der Waals surface area (Å²) < 4.78 is 5.65. The fourth-order valence-corrected chi connectivity index (χ4v) is 6.08. The maximum atomic E-state index is 13.4. The normalized spacial score (nSPS) is 18.5. The molecule has 1 aromatic heterocycles. The van der Waals surface area contributed by atoms with Gasteiger partial charge in [-0.3, -0.25) is 14.5 Å². The molecule has 1 saturated heterocycles. The second-order valence-electron chi connectivity index (χ2n) is 9.43. The van der Waals surface area contributed by atoms with Crippen molar-refractivity contribution < 1.29 is 14.3 Å². The van der Waals surface area contributed by atoms with E-state index < -0.39 is 0 Å². The molecule has 0 unspecified atom stereocenters. The van der Waals surface area contributed by atoms with Crippen molar-refractivity contribution in [3.63, 3.8) is 0 Å². The van der Waals surface area contributed by atoms with Crippen LogP contribution in [0.25, 0.3) is 0 Å². The van der Waals surface area contributed by atoms with Crippen LogP contribution < -0.4 is 0 Å². The van der Waals surface area contributed by atoms with Crippen molar-refractivity contribution in [2.45, 2.75) is 25.5 Å². The van der Waals surface area contributed by atoms with E-state index in [-0.39, 0.29) is 24.5 Å². The van der Waals surface area contributed by atoms with Gasteiger partial charge in [0.2, 0.25) is 11.8 Å². The van der Waals surface area contributed by atoms with Gasteiger partial charge < -0.3 is 14.5 Å². The lowest BCUT2D eigenvalue weighted by molar-refractivity contribution is -0.137. The van der Waals surface area contributed by atoms with E-state index in [0.717, 1.165) is 24.9 Å². The summed E-state index contributed by atoms with van der Waals surface area (Å²) in [5.74, 6) is 0.134. The Labute approximate surface area is 217 Å². The first kappa shape index (κ1) is 24.7. The zero-order valence-electron chi connectivity index (χ0n) is 20.6. The number of rotatable bonds is 7. The standard InChI is InChI=1S/C29H33N3O3S/c33-27(20-32-16-12-26-25(13-19-36-26)29(32)24-10-5-2-6-11-24)30-14-7-15-31(18-17-30)28(34)22-35-21-23-8-3-1-4-9-23/h1-6,8-11,13,19,29H,7,12,14-18,20-22H2/t29-/m0/s1. The minimum atomic E-state index is -0.00890. The van der Waals surface area contributed by atoms with Crippen LogP contribution in [0.5, 0.6) is 0 Å². The minimum absolute atomic E-state index is 0.00890. The van der Waals surface area contributed by atoms with Crippen LogP contribution in [0.4, 0.5) is 0 Å². The monoisotopic (exact) mass is 503 g/mol. The highest BCUT2D eigenvalue weighted by molar-refractivity contribution is 7.10. The molecule has 2 aliphatic heterocycles. The first-order valence-electron chi connectivity index (χ1n) is 12.7. The van der Waals surface area contributed by atoms with Crippen LogP contribution in [0.3, 0.4) is 0 Å². The number of hydrogen-bond acceptors (Lipinski definition) is 5. The molecule has 0 saturated carbocycles. The second kappa shape index (κ2) is 11.8. The molecule has 0 N–H and O–H groups in total. The largest absolute Gasteiger partial charge is 0.367 e. The summed E-state index contributed by atoms with van der Waals surface area (Å²) in [4.78, 5) is 33.6. The molecule has 0 radical (unpaired) electrons. The molecule has 2 amide bonds. The fraction of sp³-hybridized carbons (Fsp3) is 0.379. The van der Waals surface area contributed by atoms with E-state index in [0.29, 0.717) is 39.3 Å². The Morgan fingerprint density at radius 3 is 2.28 bits per heavy atom. The third-order valence-corrected chi connectivity index (χ3v) is 8.05. The molecule has 6 nitrogen and oxygen atoms in total. The summed E-state index contributed by atoms with van der Waals surface area (Å²) in [5.41, 5.74) is 3.61. The zero-order valence-corrected chi connectivity index (χ0v) is 21.4. The Hall–Kier alpha value is -3.00. The predicted octanol–water partition coefficient (Wildman–Crippen LogP) is 3.97. The Balaban J connectivity index is 1.16. The first-order valence-corrected chi connectivity index (χ1v) is 13.6. The molecule has 7 heteroatoms. The number of carbonyl (C=O) groups is 2. The molecule has 3 aromatic rings. The van der Waals surface area contributed by atoms with E-state index in [1.165, 1.54) is 16.0 Å². The molecule has 1 fully saturated rings. The number of amides is 2. The first-order chi connectivity index (χ1) is 17.7. The number of benzene rings is 2. The van der Waals surface area contributed by atoms with Crippen molar-refractivity contribution in [1.82, 2.24) is 14.7 Å². The van der Waals surface area contributed by atoms with Crippen molar-refractivity contribution in [1.29, 1.82) is 0 Å². The summed E-state index contributed by atoms with van der Waals surface area (Å²) in [6.45, 7) is 4.21. The van der Waals surface area contributed by atoms with Gasteiger partial charge in [0, 0.05) is 37.6 Å². The van der Waals surface area contributed by atoms with E-state index in [2.05, 4.69) is 40.6 Å². The minimum Gasteiger partial charge on any atom is -0.367 e. The molecule has 36 heavy (non-hydrogen) atoms. The summed E-state index contributed by atoms with van der Waals surface area (Å²) in [7, 11) is 0. The third-order valence-electron chi connectivity index (χ3n) is 7.06. The van der Waals surface area contributed by atoms with Crippen molar-refractivity contribution >= 4 is 23.2 Å². The van der Waals surface area contributed by atoms with Crippen LogP contribution in [0, 0.1) is 0 Å². The van der Waals surface area contributed by atoms with Crippen LogP contribution in [0.2, 0.25) is 0 Å². The van der Waals surface area contributed by atoms with Crippen molar-refractivity contribution in [3.05, 3.63) is 93.7 Å². The highest BCUT2D eigenvalue weighted by atomic mass is 32.1. The number of ether oxygens (including phenoxy) is 1. The highest BCUT2D eigenvalue weighted by Gasteiger charge is 2.32. The molecular formula is C29H33N3O3S. The summed E-state index contributed by atoms with van der Waals surface area (Å²) >= 11 is 1.81. The quantitative estimate of drug-likeness (QED) is 0.490. The van der Waals surface area contributed by atoms with Gasteiger partial charge in [0.1, 0.15) is 6.61 Å². The maximum absolute atomic E-state index is 13.4. The molecule has 1 atom stereocenters. The lowest BCUT2D eigenvalue weighted by Gasteiger charge is -2.37. The van der Waals surface area contributed by atoms with Gasteiger partial charge in [-0.25, -0.2) is 0 Å². The Morgan fingerprint density at radius 1 is 0.833 bits per heavy atom. The van der Waals surface area contributed by atoms with Crippen LogP contribution in [0.15, 0.2) is 72.1 Å². The van der Waals surface area contributed by atoms with Gasteiger partial charge in [-0.05, 0) is 41.0 Å². The summed E-state index contributed by atoms with van der Waals surface area (Å²) in [6, 6.07) is 22.7. The lowest BCUT2D eigenvalue weighted by atomic mass is 9.93. The van der Waals surface area contributed by atoms with Crippen molar-refractivity contribution in [2.24, 2.45) is 0 Å². The van der Waals surface area contributed by atoms with E-state index >= 15 is 0 Å². The second-order valence-corrected chi connectivity index (χ2v) is 10.4. The molecule has 0 aliphatic carbocycles. The van der Waals surface area contributed by atoms with E-state index in [1.54, 1.807) is 0 Å². The van der Waals surface area contributed by atoms with Gasteiger partial charge in [-0.15, -0.1) is 11.3 Å². The van der Waals surface area contributed by atoms with Gasteiger partial charge in [-0.1, -0.05) is 60.7 Å². The molecule has 0 spiro atoms. The molecule has 3 heterocycles. The third kappa shape index (κ3) is 5.86. The molecule has 2 aromatic carbocycles. The smallest absolute Gasteiger partial charge is 0.248 e. The summed E-state index contributed by atoms with van der Waals surface area (Å²) in [5, 5.41) is 2.16. The molecule has 0 bridgehead atoms. The maximum Gasteiger partial charge on any atom is 0.248 e. The SMILES string of the molecule is O=C(COCc1ccccc1)N1CCCN(C(=O)CN2CCc3sccc3[C@@H]2c2ccccc2)CC1. The topological polar surface area (TPSA) is 53.1 Å². The van der Waals surface area contributed by atoms with Gasteiger partial charge in [0.25, 0.3) is 0 Å². The molecular weight excluding hydrogens is 470 g/mol. The van der Waals surface area contributed by atoms with Gasteiger partial charge in [0.15, 0.2) is 0 Å². The molecule has 5 rings (SSSR count). The molecule has 2 aliphatic rings. The van der Waals surface area contributed by atoms with Crippen LogP contribution in [-0.4, -0.2) is 72.4 Å². The predicted molar refractivity (Wildman–Crippen MR) is 142 cm³/mol. The van der Waals surface area contributed by atoms with E-state index in [1.807, 2.05) is 57.5 Å². The number of thiophene rings is 1. The Kier molecular flexibility index (Phi) is 8.11. The molecule has 188 valence electrons. The van der Waals surface area contributed by atoms with Gasteiger partial charge in [-0.2, -0.15) is 0 Å². The average molecular weight is 504 g/mol. The lowest BCUT2D eigenvalue weighted by Crippen LogP contribution is -2.45. The van der Waals surface area contributed by atoms with Gasteiger partial charge in [0.05, 0.1) is 19.2 Å². The highest BCUT2D eigenvalue weighted by Crippen LogP contribution is 2.37. The van der Waals surface area contributed by atoms with Gasteiger partial charge >= 0.3 is 0 Å². The fourth-order valence-electron chi connectivity index (χ4n) is 5.18. The van der Waals surface area contributed by atoms with Crippen molar-refractivity contribution in [2.75, 3.05) is 45.9 Å². The van der Waals surface area contributed by atoms with Crippen molar-refractivity contribution in [3.8, 4) is 0 Å². The average Bonchev–Trinajstić information content (AvgIpc) is 3.25. The van der Waals surface area contributed by atoms with E-state index in [9.17, 15) is 9.59 Å². The van der Waals surface area contributed by atoms with Crippen LogP contribution in [0.1, 0.15) is 34.0 Å². The Bertz CT molecular complexity index is 1150. The van der Waals surface area contributed by atoms with E-state index in [4.69, 9.17) is 4.74 Å². The number of hydrogen-bond donors (Lipinski definition) is 0. The zero-order chi connectivity index (χ0) is 24.7. The Morgan fingerprint density at radius 2 is 1.53 bits per heavy atom. The van der Waals surface area contributed by atoms with Crippen LogP contribution in [-0.2, 0) is 27.4 Å². The number of carbonyl (C=O) groups excluding carboxylic acids is 2. The number of fused-ring (bicyclic) bond motifs is 1. The van der Waals surface area contributed by atoms with Crippen LogP contribution >= 0.6 is 11.3 Å². The number of nitrogens with zero attached hydrogens (tertiary/aromatic N) is 3.